The van der Waals surface area contributed by atoms with Gasteiger partial charge in [0.1, 0.15) is 0 Å². The lowest BCUT2D eigenvalue weighted by molar-refractivity contribution is -0.116. The first-order valence-corrected chi connectivity index (χ1v) is 9.67. The molecule has 8 heteroatoms. The van der Waals surface area contributed by atoms with Crippen LogP contribution >= 0.6 is 0 Å². The summed E-state index contributed by atoms with van der Waals surface area (Å²) in [5.41, 5.74) is 2.30. The fraction of sp³-hybridized carbons (Fsp3) is 0.0870. The Morgan fingerprint density at radius 2 is 1.61 bits per heavy atom. The van der Waals surface area contributed by atoms with Crippen LogP contribution in [0.1, 0.15) is 22.7 Å². The van der Waals surface area contributed by atoms with Gasteiger partial charge in [-0.15, -0.1) is 0 Å². The topological polar surface area (TPSA) is 110 Å². The van der Waals surface area contributed by atoms with Crippen molar-refractivity contribution in [1.82, 2.24) is 15.1 Å². The van der Waals surface area contributed by atoms with Crippen molar-refractivity contribution in [3.63, 3.8) is 0 Å². The summed E-state index contributed by atoms with van der Waals surface area (Å²) in [5, 5.41) is 9.57. The van der Waals surface area contributed by atoms with Crippen LogP contribution in [0.2, 0.25) is 0 Å². The molecular weight excluding hydrogens is 394 g/mol. The number of para-hydroxylation sites is 2. The Balaban J connectivity index is 1.36. The molecule has 0 aliphatic heterocycles. The molecule has 0 spiro atoms. The van der Waals surface area contributed by atoms with Gasteiger partial charge in [-0.1, -0.05) is 35.5 Å². The lowest BCUT2D eigenvalue weighted by atomic mass is 10.2. The van der Waals surface area contributed by atoms with E-state index in [1.165, 1.54) is 0 Å². The SMILES string of the molecule is O=C(CCc1nc(-c2cccnc2)no1)Nc1ccccc1NC(=O)c1ccccc1. The number of hydrogen-bond donors (Lipinski definition) is 2. The van der Waals surface area contributed by atoms with Gasteiger partial charge in [0, 0.05) is 36.4 Å². The standard InChI is InChI=1S/C23H19N5O3/c29-20(12-13-21-27-22(28-31-21)17-9-6-14-24-15-17)25-18-10-4-5-11-19(18)26-23(30)16-7-2-1-3-8-16/h1-11,14-15H,12-13H2,(H,25,29)(H,26,30). The molecule has 2 heterocycles. The van der Waals surface area contributed by atoms with Crippen LogP contribution in [0.25, 0.3) is 11.4 Å². The monoisotopic (exact) mass is 413 g/mol. The van der Waals surface area contributed by atoms with Gasteiger partial charge in [-0.05, 0) is 36.4 Å². The van der Waals surface area contributed by atoms with Crippen molar-refractivity contribution >= 4 is 23.2 Å². The highest BCUT2D eigenvalue weighted by atomic mass is 16.5. The first-order valence-electron chi connectivity index (χ1n) is 9.67. The highest BCUT2D eigenvalue weighted by Gasteiger charge is 2.13. The van der Waals surface area contributed by atoms with Crippen LogP contribution < -0.4 is 10.6 Å². The summed E-state index contributed by atoms with van der Waals surface area (Å²) in [4.78, 5) is 33.2. The van der Waals surface area contributed by atoms with E-state index < -0.39 is 0 Å². The number of carbonyl (C=O) groups is 2. The van der Waals surface area contributed by atoms with E-state index in [4.69, 9.17) is 4.52 Å². The Bertz CT molecular complexity index is 1180. The molecule has 154 valence electrons. The maximum atomic E-state index is 12.4. The Morgan fingerprint density at radius 3 is 2.35 bits per heavy atom. The number of aromatic nitrogens is 3. The van der Waals surface area contributed by atoms with Crippen molar-refractivity contribution in [1.29, 1.82) is 0 Å². The number of hydrogen-bond acceptors (Lipinski definition) is 6. The van der Waals surface area contributed by atoms with Crippen LogP contribution in [0.3, 0.4) is 0 Å². The molecule has 0 bridgehead atoms. The van der Waals surface area contributed by atoms with Crippen molar-refractivity contribution in [2.75, 3.05) is 10.6 Å². The quantitative estimate of drug-likeness (QED) is 0.475. The number of rotatable bonds is 7. The number of pyridine rings is 1. The van der Waals surface area contributed by atoms with E-state index in [2.05, 4.69) is 25.8 Å². The van der Waals surface area contributed by atoms with Gasteiger partial charge in [0.2, 0.25) is 17.6 Å². The van der Waals surface area contributed by atoms with Crippen LogP contribution in [0.15, 0.2) is 83.6 Å². The summed E-state index contributed by atoms with van der Waals surface area (Å²) >= 11 is 0. The minimum atomic E-state index is -0.254. The van der Waals surface area contributed by atoms with Gasteiger partial charge in [-0.2, -0.15) is 4.98 Å². The Hall–Kier alpha value is -4.33. The molecule has 2 amide bonds. The lowest BCUT2D eigenvalue weighted by Crippen LogP contribution is -2.17. The minimum Gasteiger partial charge on any atom is -0.339 e. The molecule has 0 saturated heterocycles. The predicted octanol–water partition coefficient (Wildman–Crippen LogP) is 3.96. The van der Waals surface area contributed by atoms with E-state index in [1.54, 1.807) is 67.0 Å². The molecule has 2 N–H and O–H groups in total. The molecule has 0 atom stereocenters. The number of carbonyl (C=O) groups excluding carboxylic acids is 2. The van der Waals surface area contributed by atoms with Crippen molar-refractivity contribution in [2.45, 2.75) is 12.8 Å². The van der Waals surface area contributed by atoms with E-state index in [0.29, 0.717) is 28.7 Å². The minimum absolute atomic E-state index is 0.148. The second-order valence-corrected chi connectivity index (χ2v) is 6.67. The molecule has 0 radical (unpaired) electrons. The van der Waals surface area contributed by atoms with Gasteiger partial charge in [-0.25, -0.2) is 0 Å². The van der Waals surface area contributed by atoms with Gasteiger partial charge >= 0.3 is 0 Å². The fourth-order valence-electron chi connectivity index (χ4n) is 2.89. The summed E-state index contributed by atoms with van der Waals surface area (Å²) in [6.45, 7) is 0. The highest BCUT2D eigenvalue weighted by Crippen LogP contribution is 2.22. The molecular formula is C23H19N5O3. The van der Waals surface area contributed by atoms with Crippen LogP contribution in [0.5, 0.6) is 0 Å². The lowest BCUT2D eigenvalue weighted by Gasteiger charge is -2.12. The van der Waals surface area contributed by atoms with Gasteiger partial charge in [0.25, 0.3) is 5.91 Å². The highest BCUT2D eigenvalue weighted by molar-refractivity contribution is 6.07. The molecule has 4 aromatic rings. The normalized spacial score (nSPS) is 10.5. The van der Waals surface area contributed by atoms with E-state index in [0.717, 1.165) is 5.56 Å². The molecule has 0 fully saturated rings. The second kappa shape index (κ2) is 9.45. The fourth-order valence-corrected chi connectivity index (χ4v) is 2.89. The number of anilines is 2. The average Bonchev–Trinajstić information content (AvgIpc) is 3.29. The number of amides is 2. The third-order valence-electron chi connectivity index (χ3n) is 4.44. The zero-order chi connectivity index (χ0) is 21.5. The Morgan fingerprint density at radius 1 is 0.871 bits per heavy atom. The molecule has 8 nitrogen and oxygen atoms in total. The van der Waals surface area contributed by atoms with Crippen molar-refractivity contribution < 1.29 is 14.1 Å². The zero-order valence-electron chi connectivity index (χ0n) is 16.5. The molecule has 0 aliphatic carbocycles. The Labute approximate surface area is 178 Å². The predicted molar refractivity (Wildman–Crippen MR) is 115 cm³/mol. The van der Waals surface area contributed by atoms with Crippen molar-refractivity contribution in [3.8, 4) is 11.4 Å². The van der Waals surface area contributed by atoms with E-state index in [-0.39, 0.29) is 24.7 Å². The largest absolute Gasteiger partial charge is 0.339 e. The van der Waals surface area contributed by atoms with Crippen molar-refractivity contribution in [3.05, 3.63) is 90.6 Å². The second-order valence-electron chi connectivity index (χ2n) is 6.67. The van der Waals surface area contributed by atoms with Crippen LogP contribution in [-0.2, 0) is 11.2 Å². The first-order chi connectivity index (χ1) is 15.2. The van der Waals surface area contributed by atoms with Crippen molar-refractivity contribution in [2.24, 2.45) is 0 Å². The summed E-state index contributed by atoms with van der Waals surface area (Å²) in [6, 6.07) is 19.5. The van der Waals surface area contributed by atoms with Gasteiger partial charge in [-0.3, -0.25) is 14.6 Å². The molecule has 0 saturated carbocycles. The number of nitrogens with one attached hydrogen (secondary N) is 2. The molecule has 2 aromatic carbocycles. The average molecular weight is 413 g/mol. The summed E-state index contributed by atoms with van der Waals surface area (Å²) in [5.74, 6) is 0.302. The van der Waals surface area contributed by atoms with Crippen LogP contribution in [-0.4, -0.2) is 26.9 Å². The third kappa shape index (κ3) is 5.18. The van der Waals surface area contributed by atoms with Gasteiger partial charge < -0.3 is 15.2 Å². The molecule has 2 aromatic heterocycles. The van der Waals surface area contributed by atoms with Gasteiger partial charge in [0.15, 0.2) is 0 Å². The summed E-state index contributed by atoms with van der Waals surface area (Å²) in [6.07, 6.45) is 3.74. The van der Waals surface area contributed by atoms with E-state index >= 15 is 0 Å². The summed E-state index contributed by atoms with van der Waals surface area (Å²) < 4.78 is 5.22. The van der Waals surface area contributed by atoms with E-state index in [9.17, 15) is 9.59 Å². The molecule has 0 unspecified atom stereocenters. The Kier molecular flexibility index (Phi) is 6.08. The summed E-state index contributed by atoms with van der Waals surface area (Å²) in [7, 11) is 0. The number of aryl methyl sites for hydroxylation is 1. The molecule has 0 aliphatic rings. The smallest absolute Gasteiger partial charge is 0.255 e. The van der Waals surface area contributed by atoms with Crippen LogP contribution in [0, 0.1) is 0 Å². The number of benzene rings is 2. The molecule has 4 rings (SSSR count). The maximum absolute atomic E-state index is 12.4. The first kappa shape index (κ1) is 20.0. The van der Waals surface area contributed by atoms with Crippen LogP contribution in [0.4, 0.5) is 11.4 Å². The molecule has 31 heavy (non-hydrogen) atoms. The maximum Gasteiger partial charge on any atom is 0.255 e. The number of nitrogens with zero attached hydrogens (tertiary/aromatic N) is 3. The third-order valence-corrected chi connectivity index (χ3v) is 4.44. The van der Waals surface area contributed by atoms with Gasteiger partial charge in [0.05, 0.1) is 11.4 Å². The zero-order valence-corrected chi connectivity index (χ0v) is 16.5. The van der Waals surface area contributed by atoms with E-state index in [1.807, 2.05) is 12.1 Å².